The molecule has 1 heterocycles. The van der Waals surface area contributed by atoms with Crippen LogP contribution in [0.1, 0.15) is 23.0 Å². The summed E-state index contributed by atoms with van der Waals surface area (Å²) in [5, 5.41) is 0.852. The number of aromatic amines is 1. The fourth-order valence-corrected chi connectivity index (χ4v) is 1.82. The van der Waals surface area contributed by atoms with Gasteiger partial charge >= 0.3 is 5.97 Å². The van der Waals surface area contributed by atoms with E-state index in [-0.39, 0.29) is 5.97 Å². The van der Waals surface area contributed by atoms with Crippen molar-refractivity contribution in [2.24, 2.45) is 0 Å². The molecule has 4 nitrogen and oxygen atoms in total. The van der Waals surface area contributed by atoms with E-state index in [1.165, 1.54) is 0 Å². The summed E-state index contributed by atoms with van der Waals surface area (Å²) in [5.74, 6) is -0.295. The van der Waals surface area contributed by atoms with E-state index in [0.29, 0.717) is 17.9 Å². The van der Waals surface area contributed by atoms with Gasteiger partial charge in [-0.3, -0.25) is 0 Å². The van der Waals surface area contributed by atoms with Crippen molar-refractivity contribution < 1.29 is 9.53 Å². The normalized spacial score (nSPS) is 10.6. The van der Waals surface area contributed by atoms with E-state index < -0.39 is 0 Å². The first-order valence-electron chi connectivity index (χ1n) is 5.18. The van der Waals surface area contributed by atoms with Crippen molar-refractivity contribution in [3.63, 3.8) is 0 Å². The van der Waals surface area contributed by atoms with Crippen molar-refractivity contribution in [3.8, 4) is 0 Å². The molecule has 0 bridgehead atoms. The number of aryl methyl sites for hydroxylation is 1. The SMILES string of the molecule is CCOC(=O)c1c(C)[nH]c2cc(N)ccc12. The van der Waals surface area contributed by atoms with Gasteiger partial charge < -0.3 is 15.5 Å². The maximum absolute atomic E-state index is 11.8. The molecule has 0 saturated carbocycles. The fraction of sp³-hybridized carbons (Fsp3) is 0.250. The number of esters is 1. The van der Waals surface area contributed by atoms with Crippen LogP contribution < -0.4 is 5.73 Å². The third kappa shape index (κ3) is 1.62. The summed E-state index contributed by atoms with van der Waals surface area (Å²) in [7, 11) is 0. The summed E-state index contributed by atoms with van der Waals surface area (Å²) in [6.45, 7) is 4.02. The Hall–Kier alpha value is -1.97. The minimum atomic E-state index is -0.295. The second-order valence-electron chi connectivity index (χ2n) is 3.65. The lowest BCUT2D eigenvalue weighted by Crippen LogP contribution is -2.05. The maximum Gasteiger partial charge on any atom is 0.340 e. The van der Waals surface area contributed by atoms with Crippen molar-refractivity contribution in [2.45, 2.75) is 13.8 Å². The highest BCUT2D eigenvalue weighted by Crippen LogP contribution is 2.24. The van der Waals surface area contributed by atoms with E-state index in [2.05, 4.69) is 4.98 Å². The molecule has 2 rings (SSSR count). The zero-order chi connectivity index (χ0) is 11.7. The number of nitrogens with two attached hydrogens (primary N) is 1. The predicted octanol–water partition coefficient (Wildman–Crippen LogP) is 2.24. The molecule has 0 aliphatic carbocycles. The van der Waals surface area contributed by atoms with E-state index in [1.807, 2.05) is 19.1 Å². The molecule has 0 aliphatic heterocycles. The Morgan fingerprint density at radius 1 is 1.50 bits per heavy atom. The summed E-state index contributed by atoms with van der Waals surface area (Å²) in [5.41, 5.74) is 8.61. The lowest BCUT2D eigenvalue weighted by molar-refractivity contribution is 0.0528. The van der Waals surface area contributed by atoms with Crippen LogP contribution in [0.15, 0.2) is 18.2 Å². The lowest BCUT2D eigenvalue weighted by atomic mass is 10.1. The summed E-state index contributed by atoms with van der Waals surface area (Å²) in [6, 6.07) is 5.42. The zero-order valence-electron chi connectivity index (χ0n) is 9.33. The van der Waals surface area contributed by atoms with E-state index in [9.17, 15) is 4.79 Å². The van der Waals surface area contributed by atoms with Crippen LogP contribution in [0.5, 0.6) is 0 Å². The number of fused-ring (bicyclic) bond motifs is 1. The van der Waals surface area contributed by atoms with E-state index in [1.54, 1.807) is 13.0 Å². The van der Waals surface area contributed by atoms with Gasteiger partial charge in [-0.1, -0.05) is 0 Å². The minimum absolute atomic E-state index is 0.295. The number of aromatic nitrogens is 1. The topological polar surface area (TPSA) is 68.1 Å². The molecule has 3 N–H and O–H groups in total. The van der Waals surface area contributed by atoms with Crippen molar-refractivity contribution in [1.82, 2.24) is 4.98 Å². The summed E-state index contributed by atoms with van der Waals surface area (Å²) < 4.78 is 5.02. The van der Waals surface area contributed by atoms with Gasteiger partial charge in [0.2, 0.25) is 0 Å². The number of nitrogen functional groups attached to an aromatic ring is 1. The molecular formula is C12H14N2O2. The standard InChI is InChI=1S/C12H14N2O2/c1-3-16-12(15)11-7(2)14-10-6-8(13)4-5-9(10)11/h4-6,14H,3,13H2,1-2H3. The molecule has 0 fully saturated rings. The average molecular weight is 218 g/mol. The van der Waals surface area contributed by atoms with Gasteiger partial charge in [-0.15, -0.1) is 0 Å². The van der Waals surface area contributed by atoms with Crippen molar-refractivity contribution in [1.29, 1.82) is 0 Å². The second kappa shape index (κ2) is 3.89. The zero-order valence-corrected chi connectivity index (χ0v) is 9.33. The lowest BCUT2D eigenvalue weighted by Gasteiger charge is -2.01. The molecule has 0 unspecified atom stereocenters. The third-order valence-electron chi connectivity index (χ3n) is 2.49. The number of hydrogen-bond donors (Lipinski definition) is 2. The van der Waals surface area contributed by atoms with Crippen LogP contribution in [-0.4, -0.2) is 17.6 Å². The number of carbonyl (C=O) groups excluding carboxylic acids is 1. The maximum atomic E-state index is 11.8. The average Bonchev–Trinajstić information content (AvgIpc) is 2.53. The smallest absolute Gasteiger partial charge is 0.340 e. The highest BCUT2D eigenvalue weighted by Gasteiger charge is 2.16. The van der Waals surface area contributed by atoms with Gasteiger partial charge in [-0.25, -0.2) is 4.79 Å². The molecule has 1 aromatic heterocycles. The van der Waals surface area contributed by atoms with Gasteiger partial charge in [0.25, 0.3) is 0 Å². The highest BCUT2D eigenvalue weighted by atomic mass is 16.5. The largest absolute Gasteiger partial charge is 0.462 e. The Morgan fingerprint density at radius 3 is 2.94 bits per heavy atom. The van der Waals surface area contributed by atoms with Gasteiger partial charge in [0.15, 0.2) is 0 Å². The van der Waals surface area contributed by atoms with Gasteiger partial charge in [0, 0.05) is 22.3 Å². The van der Waals surface area contributed by atoms with Crippen molar-refractivity contribution >= 4 is 22.6 Å². The molecule has 84 valence electrons. The van der Waals surface area contributed by atoms with E-state index in [4.69, 9.17) is 10.5 Å². The number of rotatable bonds is 2. The molecule has 4 heteroatoms. The van der Waals surface area contributed by atoms with E-state index in [0.717, 1.165) is 16.6 Å². The van der Waals surface area contributed by atoms with Gasteiger partial charge in [0.05, 0.1) is 12.2 Å². The number of anilines is 1. The Bertz CT molecular complexity index is 543. The first kappa shape index (κ1) is 10.5. The van der Waals surface area contributed by atoms with Crippen LogP contribution >= 0.6 is 0 Å². The quantitative estimate of drug-likeness (QED) is 0.600. The van der Waals surface area contributed by atoms with Crippen LogP contribution in [0.3, 0.4) is 0 Å². The molecule has 1 aromatic carbocycles. The summed E-state index contributed by atoms with van der Waals surface area (Å²) >= 11 is 0. The number of H-pyrrole nitrogens is 1. The van der Waals surface area contributed by atoms with Crippen LogP contribution in [-0.2, 0) is 4.74 Å². The molecular weight excluding hydrogens is 204 g/mol. The van der Waals surface area contributed by atoms with Crippen LogP contribution in [0.25, 0.3) is 10.9 Å². The number of carbonyl (C=O) groups is 1. The molecule has 0 saturated heterocycles. The minimum Gasteiger partial charge on any atom is -0.462 e. The molecule has 0 amide bonds. The molecule has 16 heavy (non-hydrogen) atoms. The number of hydrogen-bond acceptors (Lipinski definition) is 3. The van der Waals surface area contributed by atoms with Gasteiger partial charge in [-0.05, 0) is 32.0 Å². The van der Waals surface area contributed by atoms with Crippen molar-refractivity contribution in [3.05, 3.63) is 29.5 Å². The number of ether oxygens (including phenoxy) is 1. The Balaban J connectivity index is 2.60. The van der Waals surface area contributed by atoms with Crippen LogP contribution in [0, 0.1) is 6.92 Å². The Morgan fingerprint density at radius 2 is 2.25 bits per heavy atom. The Labute approximate surface area is 93.4 Å². The first-order valence-corrected chi connectivity index (χ1v) is 5.18. The molecule has 2 aromatic rings. The fourth-order valence-electron chi connectivity index (χ4n) is 1.82. The third-order valence-corrected chi connectivity index (χ3v) is 2.49. The summed E-state index contributed by atoms with van der Waals surface area (Å²) in [4.78, 5) is 14.9. The van der Waals surface area contributed by atoms with Crippen LogP contribution in [0.4, 0.5) is 5.69 Å². The Kier molecular flexibility index (Phi) is 2.56. The van der Waals surface area contributed by atoms with E-state index >= 15 is 0 Å². The number of nitrogens with one attached hydrogen (secondary N) is 1. The van der Waals surface area contributed by atoms with Crippen LogP contribution in [0.2, 0.25) is 0 Å². The highest BCUT2D eigenvalue weighted by molar-refractivity contribution is 6.06. The monoisotopic (exact) mass is 218 g/mol. The second-order valence-corrected chi connectivity index (χ2v) is 3.65. The van der Waals surface area contributed by atoms with Crippen molar-refractivity contribution in [2.75, 3.05) is 12.3 Å². The number of benzene rings is 1. The first-order chi connectivity index (χ1) is 7.63. The molecule has 0 spiro atoms. The molecule has 0 radical (unpaired) electrons. The molecule has 0 atom stereocenters. The molecule has 0 aliphatic rings. The predicted molar refractivity (Wildman–Crippen MR) is 63.4 cm³/mol. The van der Waals surface area contributed by atoms with Gasteiger partial charge in [-0.2, -0.15) is 0 Å². The van der Waals surface area contributed by atoms with Gasteiger partial charge in [0.1, 0.15) is 0 Å². The summed E-state index contributed by atoms with van der Waals surface area (Å²) in [6.07, 6.45) is 0.